The molecular formula is C9H9N3S. The van der Waals surface area contributed by atoms with Gasteiger partial charge in [0, 0.05) is 6.20 Å². The average molecular weight is 191 g/mol. The molecule has 0 bridgehead atoms. The molecule has 0 spiro atoms. The summed E-state index contributed by atoms with van der Waals surface area (Å²) in [5.41, 5.74) is 1.81. The van der Waals surface area contributed by atoms with Crippen molar-refractivity contribution < 1.29 is 0 Å². The Morgan fingerprint density at radius 3 is 3.23 bits per heavy atom. The van der Waals surface area contributed by atoms with Gasteiger partial charge in [0.25, 0.3) is 0 Å². The van der Waals surface area contributed by atoms with Crippen molar-refractivity contribution in [2.45, 2.75) is 11.8 Å². The molecule has 0 atom stereocenters. The third kappa shape index (κ3) is 1.62. The highest BCUT2D eigenvalue weighted by atomic mass is 32.2. The molecule has 4 heteroatoms. The van der Waals surface area contributed by atoms with Crippen LogP contribution >= 0.6 is 11.8 Å². The third-order valence-corrected chi connectivity index (χ3v) is 2.56. The fourth-order valence-electron chi connectivity index (χ4n) is 1.13. The van der Waals surface area contributed by atoms with Gasteiger partial charge in [0.2, 0.25) is 0 Å². The largest absolute Gasteiger partial charge is 0.253 e. The second-order valence-electron chi connectivity index (χ2n) is 2.51. The van der Waals surface area contributed by atoms with Crippen molar-refractivity contribution in [1.82, 2.24) is 15.2 Å². The van der Waals surface area contributed by atoms with Gasteiger partial charge in [0.05, 0.1) is 11.1 Å². The lowest BCUT2D eigenvalue weighted by Gasteiger charge is -2.00. The number of fused-ring (bicyclic) bond motifs is 1. The van der Waals surface area contributed by atoms with Crippen LogP contribution in [0.4, 0.5) is 0 Å². The Hall–Kier alpha value is -1.16. The first kappa shape index (κ1) is 8.44. The first-order valence-electron chi connectivity index (χ1n) is 4.11. The van der Waals surface area contributed by atoms with E-state index < -0.39 is 0 Å². The maximum Gasteiger partial charge on any atom is 0.113 e. The number of pyridine rings is 1. The third-order valence-electron chi connectivity index (χ3n) is 1.66. The quantitative estimate of drug-likeness (QED) is 0.682. The molecular weight excluding hydrogens is 182 g/mol. The summed E-state index contributed by atoms with van der Waals surface area (Å²) in [5, 5.41) is 7.92. The lowest BCUT2D eigenvalue weighted by atomic mass is 10.3. The zero-order valence-electron chi connectivity index (χ0n) is 7.27. The summed E-state index contributed by atoms with van der Waals surface area (Å²) in [7, 11) is 0. The molecule has 0 aromatic carbocycles. The standard InChI is InChI=1S/C9H9N3S/c1-2-13-8-6-11-12-7-4-3-5-10-9(7)8/h3-6H,2H2,1H3. The summed E-state index contributed by atoms with van der Waals surface area (Å²) < 4.78 is 0. The molecule has 2 aromatic rings. The van der Waals surface area contributed by atoms with Crippen molar-refractivity contribution in [2.24, 2.45) is 0 Å². The van der Waals surface area contributed by atoms with E-state index >= 15 is 0 Å². The van der Waals surface area contributed by atoms with E-state index in [1.54, 1.807) is 24.2 Å². The van der Waals surface area contributed by atoms with E-state index in [1.165, 1.54) is 0 Å². The summed E-state index contributed by atoms with van der Waals surface area (Å²) >= 11 is 1.74. The van der Waals surface area contributed by atoms with Crippen LogP contribution in [0.1, 0.15) is 6.92 Å². The fourth-order valence-corrected chi connectivity index (χ4v) is 1.86. The van der Waals surface area contributed by atoms with Crippen LogP contribution in [0.3, 0.4) is 0 Å². The Labute approximate surface area is 80.6 Å². The lowest BCUT2D eigenvalue weighted by Crippen LogP contribution is -1.88. The monoisotopic (exact) mass is 191 g/mol. The summed E-state index contributed by atoms with van der Waals surface area (Å²) in [6, 6.07) is 3.80. The fraction of sp³-hybridized carbons (Fsp3) is 0.222. The maximum atomic E-state index is 4.28. The minimum atomic E-state index is 0.862. The van der Waals surface area contributed by atoms with E-state index in [1.807, 2.05) is 12.1 Å². The van der Waals surface area contributed by atoms with E-state index in [-0.39, 0.29) is 0 Å². The van der Waals surface area contributed by atoms with Crippen LogP contribution in [0.25, 0.3) is 11.0 Å². The molecule has 0 N–H and O–H groups in total. The predicted octanol–water partition coefficient (Wildman–Crippen LogP) is 2.14. The van der Waals surface area contributed by atoms with E-state index in [0.29, 0.717) is 0 Å². The summed E-state index contributed by atoms with van der Waals surface area (Å²) in [4.78, 5) is 5.38. The van der Waals surface area contributed by atoms with Crippen LogP contribution in [0.15, 0.2) is 29.4 Å². The summed E-state index contributed by atoms with van der Waals surface area (Å²) in [6.07, 6.45) is 3.55. The minimum absolute atomic E-state index is 0.862. The van der Waals surface area contributed by atoms with E-state index in [0.717, 1.165) is 21.7 Å². The first-order valence-corrected chi connectivity index (χ1v) is 5.09. The number of hydrogen-bond acceptors (Lipinski definition) is 4. The molecule has 0 aliphatic rings. The molecule has 0 radical (unpaired) electrons. The molecule has 13 heavy (non-hydrogen) atoms. The van der Waals surface area contributed by atoms with Gasteiger partial charge in [0.1, 0.15) is 11.0 Å². The highest BCUT2D eigenvalue weighted by Gasteiger charge is 2.02. The van der Waals surface area contributed by atoms with Gasteiger partial charge in [0.15, 0.2) is 0 Å². The van der Waals surface area contributed by atoms with Crippen LogP contribution < -0.4 is 0 Å². The van der Waals surface area contributed by atoms with Crippen molar-refractivity contribution >= 4 is 22.8 Å². The number of rotatable bonds is 2. The van der Waals surface area contributed by atoms with E-state index in [2.05, 4.69) is 22.1 Å². The number of aromatic nitrogens is 3. The Morgan fingerprint density at radius 2 is 2.38 bits per heavy atom. The normalized spacial score (nSPS) is 10.5. The Balaban J connectivity index is 2.61. The van der Waals surface area contributed by atoms with Crippen LogP contribution in [0, 0.1) is 0 Å². The molecule has 2 rings (SSSR count). The SMILES string of the molecule is CCSc1cnnc2cccnc12. The summed E-state index contributed by atoms with van der Waals surface area (Å²) in [6.45, 7) is 2.11. The molecule has 0 unspecified atom stereocenters. The van der Waals surface area contributed by atoms with Gasteiger partial charge in [-0.3, -0.25) is 4.98 Å². The second-order valence-corrected chi connectivity index (χ2v) is 3.82. The maximum absolute atomic E-state index is 4.28. The molecule has 3 nitrogen and oxygen atoms in total. The van der Waals surface area contributed by atoms with Gasteiger partial charge in [-0.2, -0.15) is 5.10 Å². The van der Waals surface area contributed by atoms with Gasteiger partial charge in [-0.1, -0.05) is 6.92 Å². The molecule has 0 saturated heterocycles. The van der Waals surface area contributed by atoms with Crippen molar-refractivity contribution in [2.75, 3.05) is 5.75 Å². The zero-order valence-corrected chi connectivity index (χ0v) is 8.08. The average Bonchev–Trinajstić information content (AvgIpc) is 2.19. The first-order chi connectivity index (χ1) is 6.42. The molecule has 0 aliphatic carbocycles. The Morgan fingerprint density at radius 1 is 1.46 bits per heavy atom. The topological polar surface area (TPSA) is 38.7 Å². The van der Waals surface area contributed by atoms with Gasteiger partial charge in [-0.25, -0.2) is 0 Å². The number of nitrogens with zero attached hydrogens (tertiary/aromatic N) is 3. The van der Waals surface area contributed by atoms with Gasteiger partial charge >= 0.3 is 0 Å². The zero-order chi connectivity index (χ0) is 9.10. The highest BCUT2D eigenvalue weighted by Crippen LogP contribution is 2.22. The molecule has 2 aromatic heterocycles. The number of thioether (sulfide) groups is 1. The smallest absolute Gasteiger partial charge is 0.113 e. The van der Waals surface area contributed by atoms with Gasteiger partial charge < -0.3 is 0 Å². The molecule has 0 fully saturated rings. The van der Waals surface area contributed by atoms with Crippen LogP contribution in [0.5, 0.6) is 0 Å². The molecule has 0 amide bonds. The molecule has 0 saturated carbocycles. The van der Waals surface area contributed by atoms with Crippen molar-refractivity contribution in [3.05, 3.63) is 24.5 Å². The van der Waals surface area contributed by atoms with Crippen molar-refractivity contribution in [1.29, 1.82) is 0 Å². The Bertz CT molecular complexity index is 411. The summed E-state index contributed by atoms with van der Waals surface area (Å²) in [5.74, 6) is 1.03. The number of hydrogen-bond donors (Lipinski definition) is 0. The molecule has 66 valence electrons. The highest BCUT2D eigenvalue weighted by molar-refractivity contribution is 7.99. The second kappa shape index (κ2) is 3.70. The lowest BCUT2D eigenvalue weighted by molar-refractivity contribution is 1.04. The van der Waals surface area contributed by atoms with Crippen LogP contribution in [-0.2, 0) is 0 Å². The van der Waals surface area contributed by atoms with Gasteiger partial charge in [-0.05, 0) is 17.9 Å². The van der Waals surface area contributed by atoms with E-state index in [4.69, 9.17) is 0 Å². The van der Waals surface area contributed by atoms with Crippen LogP contribution in [-0.4, -0.2) is 20.9 Å². The minimum Gasteiger partial charge on any atom is -0.253 e. The van der Waals surface area contributed by atoms with E-state index in [9.17, 15) is 0 Å². The van der Waals surface area contributed by atoms with Crippen LogP contribution in [0.2, 0.25) is 0 Å². The Kier molecular flexibility index (Phi) is 2.40. The van der Waals surface area contributed by atoms with Crippen molar-refractivity contribution in [3.63, 3.8) is 0 Å². The predicted molar refractivity (Wildman–Crippen MR) is 53.7 cm³/mol. The van der Waals surface area contributed by atoms with Crippen molar-refractivity contribution in [3.8, 4) is 0 Å². The molecule has 2 heterocycles. The molecule has 0 aliphatic heterocycles. The van der Waals surface area contributed by atoms with Gasteiger partial charge in [-0.15, -0.1) is 16.9 Å².